The minimum absolute atomic E-state index is 0.444. The topological polar surface area (TPSA) is 41.6 Å². The summed E-state index contributed by atoms with van der Waals surface area (Å²) in [4.78, 5) is 4.17. The van der Waals surface area contributed by atoms with Crippen molar-refractivity contribution in [2.75, 3.05) is 0 Å². The summed E-state index contributed by atoms with van der Waals surface area (Å²) < 4.78 is 0. The first-order valence-corrected chi connectivity index (χ1v) is 4.45. The molecule has 0 aliphatic carbocycles. The van der Waals surface area contributed by atoms with Crippen molar-refractivity contribution in [1.29, 1.82) is 0 Å². The van der Waals surface area contributed by atoms with Gasteiger partial charge in [-0.1, -0.05) is 6.07 Å². The van der Waals surface area contributed by atoms with E-state index in [0.29, 0.717) is 5.88 Å². The highest BCUT2D eigenvalue weighted by molar-refractivity contribution is 6.16. The molecule has 0 unspecified atom stereocenters. The van der Waals surface area contributed by atoms with Gasteiger partial charge < -0.3 is 0 Å². The van der Waals surface area contributed by atoms with Gasteiger partial charge in [0.2, 0.25) is 0 Å². The lowest BCUT2D eigenvalue weighted by molar-refractivity contribution is 1.03. The molecular formula is C9H8ClN3. The van der Waals surface area contributed by atoms with E-state index in [1.165, 1.54) is 0 Å². The molecule has 2 aromatic rings. The van der Waals surface area contributed by atoms with Crippen LogP contribution in [0.5, 0.6) is 0 Å². The molecule has 2 heterocycles. The Hall–Kier alpha value is -1.35. The number of hydrogen-bond donors (Lipinski definition) is 1. The van der Waals surface area contributed by atoms with Crippen LogP contribution >= 0.6 is 11.6 Å². The van der Waals surface area contributed by atoms with Gasteiger partial charge in [-0.05, 0) is 18.2 Å². The SMILES string of the molecule is ClCc1cc(-c2ccccn2)n[nH]1. The van der Waals surface area contributed by atoms with Crippen LogP contribution in [0.2, 0.25) is 0 Å². The van der Waals surface area contributed by atoms with Crippen molar-refractivity contribution in [1.82, 2.24) is 15.2 Å². The number of aromatic amines is 1. The van der Waals surface area contributed by atoms with Crippen molar-refractivity contribution >= 4 is 11.6 Å². The zero-order valence-electron chi connectivity index (χ0n) is 6.87. The number of pyridine rings is 1. The second kappa shape index (κ2) is 3.58. The fraction of sp³-hybridized carbons (Fsp3) is 0.111. The Morgan fingerprint density at radius 3 is 2.85 bits per heavy atom. The van der Waals surface area contributed by atoms with Crippen molar-refractivity contribution in [3.8, 4) is 11.4 Å². The molecule has 0 bridgehead atoms. The normalized spacial score (nSPS) is 10.2. The van der Waals surface area contributed by atoms with Gasteiger partial charge in [-0.3, -0.25) is 10.1 Å². The summed E-state index contributed by atoms with van der Waals surface area (Å²) in [5.41, 5.74) is 2.59. The Kier molecular flexibility index (Phi) is 2.27. The van der Waals surface area contributed by atoms with Crippen LogP contribution in [-0.4, -0.2) is 15.2 Å². The van der Waals surface area contributed by atoms with E-state index in [1.54, 1.807) is 6.20 Å². The van der Waals surface area contributed by atoms with E-state index >= 15 is 0 Å². The molecule has 0 aliphatic heterocycles. The summed E-state index contributed by atoms with van der Waals surface area (Å²) in [5.74, 6) is 0.444. The zero-order valence-corrected chi connectivity index (χ0v) is 7.62. The molecule has 4 heteroatoms. The average Bonchev–Trinajstić information content (AvgIpc) is 2.67. The van der Waals surface area contributed by atoms with Gasteiger partial charge in [0.15, 0.2) is 0 Å². The number of halogens is 1. The summed E-state index contributed by atoms with van der Waals surface area (Å²) in [6.45, 7) is 0. The molecule has 0 fully saturated rings. The first-order valence-electron chi connectivity index (χ1n) is 3.92. The molecule has 0 saturated carbocycles. The molecule has 2 aromatic heterocycles. The molecular weight excluding hydrogens is 186 g/mol. The lowest BCUT2D eigenvalue weighted by Gasteiger charge is -1.91. The van der Waals surface area contributed by atoms with Crippen molar-refractivity contribution in [2.45, 2.75) is 5.88 Å². The van der Waals surface area contributed by atoms with E-state index < -0.39 is 0 Å². The Bertz CT molecular complexity index is 383. The number of rotatable bonds is 2. The van der Waals surface area contributed by atoms with Crippen molar-refractivity contribution in [3.05, 3.63) is 36.2 Å². The van der Waals surface area contributed by atoms with Gasteiger partial charge in [-0.2, -0.15) is 5.10 Å². The van der Waals surface area contributed by atoms with E-state index in [2.05, 4.69) is 15.2 Å². The fourth-order valence-electron chi connectivity index (χ4n) is 1.08. The maximum Gasteiger partial charge on any atom is 0.111 e. The quantitative estimate of drug-likeness (QED) is 0.743. The van der Waals surface area contributed by atoms with Gasteiger partial charge in [0.25, 0.3) is 0 Å². The molecule has 1 N–H and O–H groups in total. The third kappa shape index (κ3) is 1.70. The molecule has 0 aromatic carbocycles. The fourth-order valence-corrected chi connectivity index (χ4v) is 1.21. The number of alkyl halides is 1. The Morgan fingerprint density at radius 1 is 1.31 bits per heavy atom. The number of aromatic nitrogens is 3. The standard InChI is InChI=1S/C9H8ClN3/c10-6-7-5-9(13-12-7)8-3-1-2-4-11-8/h1-5H,6H2,(H,12,13). The zero-order chi connectivity index (χ0) is 9.10. The summed E-state index contributed by atoms with van der Waals surface area (Å²) >= 11 is 5.64. The molecule has 13 heavy (non-hydrogen) atoms. The van der Waals surface area contributed by atoms with Crippen molar-refractivity contribution < 1.29 is 0 Å². The van der Waals surface area contributed by atoms with Crippen LogP contribution in [0.3, 0.4) is 0 Å². The Labute approximate surface area is 80.8 Å². The number of nitrogens with zero attached hydrogens (tertiary/aromatic N) is 2. The lowest BCUT2D eigenvalue weighted by atomic mass is 10.2. The second-order valence-electron chi connectivity index (χ2n) is 2.63. The van der Waals surface area contributed by atoms with Gasteiger partial charge in [0.1, 0.15) is 5.69 Å². The van der Waals surface area contributed by atoms with Crippen LogP contribution < -0.4 is 0 Å². The van der Waals surface area contributed by atoms with Crippen LogP contribution in [0.4, 0.5) is 0 Å². The number of H-pyrrole nitrogens is 1. The maximum absolute atomic E-state index is 5.64. The number of nitrogens with one attached hydrogen (secondary N) is 1. The van der Waals surface area contributed by atoms with Crippen LogP contribution in [0, 0.1) is 0 Å². The van der Waals surface area contributed by atoms with Crippen LogP contribution in [0.15, 0.2) is 30.5 Å². The van der Waals surface area contributed by atoms with E-state index in [4.69, 9.17) is 11.6 Å². The maximum atomic E-state index is 5.64. The van der Waals surface area contributed by atoms with Crippen molar-refractivity contribution in [2.24, 2.45) is 0 Å². The molecule has 66 valence electrons. The summed E-state index contributed by atoms with van der Waals surface area (Å²) in [6, 6.07) is 7.61. The molecule has 3 nitrogen and oxygen atoms in total. The highest BCUT2D eigenvalue weighted by Crippen LogP contribution is 2.14. The molecule has 0 spiro atoms. The Balaban J connectivity index is 2.36. The molecule has 2 rings (SSSR count). The predicted octanol–water partition coefficient (Wildman–Crippen LogP) is 2.21. The predicted molar refractivity (Wildman–Crippen MR) is 51.4 cm³/mol. The smallest absolute Gasteiger partial charge is 0.111 e. The third-order valence-electron chi connectivity index (χ3n) is 1.70. The highest BCUT2D eigenvalue weighted by Gasteiger charge is 2.02. The number of hydrogen-bond acceptors (Lipinski definition) is 2. The first-order chi connectivity index (χ1) is 6.40. The molecule has 0 amide bonds. The van der Waals surface area contributed by atoms with E-state index in [1.807, 2.05) is 24.3 Å². The second-order valence-corrected chi connectivity index (χ2v) is 2.89. The summed E-state index contributed by atoms with van der Waals surface area (Å²) in [7, 11) is 0. The third-order valence-corrected chi connectivity index (χ3v) is 1.99. The first kappa shape index (κ1) is 8.26. The van der Waals surface area contributed by atoms with Gasteiger partial charge in [0.05, 0.1) is 17.3 Å². The largest absolute Gasteiger partial charge is 0.281 e. The molecule has 0 atom stereocenters. The van der Waals surface area contributed by atoms with E-state index in [-0.39, 0.29) is 0 Å². The van der Waals surface area contributed by atoms with Crippen LogP contribution in [0.25, 0.3) is 11.4 Å². The highest BCUT2D eigenvalue weighted by atomic mass is 35.5. The van der Waals surface area contributed by atoms with Crippen LogP contribution in [0.1, 0.15) is 5.69 Å². The van der Waals surface area contributed by atoms with E-state index in [0.717, 1.165) is 17.1 Å². The minimum atomic E-state index is 0.444. The van der Waals surface area contributed by atoms with E-state index in [9.17, 15) is 0 Å². The lowest BCUT2D eigenvalue weighted by Crippen LogP contribution is -1.80. The summed E-state index contributed by atoms with van der Waals surface area (Å²) in [5, 5.41) is 6.92. The minimum Gasteiger partial charge on any atom is -0.281 e. The van der Waals surface area contributed by atoms with Crippen LogP contribution in [-0.2, 0) is 5.88 Å². The Morgan fingerprint density at radius 2 is 2.23 bits per heavy atom. The van der Waals surface area contributed by atoms with Gasteiger partial charge in [-0.15, -0.1) is 11.6 Å². The average molecular weight is 194 g/mol. The molecule has 0 radical (unpaired) electrons. The molecule has 0 aliphatic rings. The van der Waals surface area contributed by atoms with Gasteiger partial charge in [-0.25, -0.2) is 0 Å². The summed E-state index contributed by atoms with van der Waals surface area (Å²) in [6.07, 6.45) is 1.74. The van der Waals surface area contributed by atoms with Gasteiger partial charge >= 0.3 is 0 Å². The van der Waals surface area contributed by atoms with Gasteiger partial charge in [0, 0.05) is 6.20 Å². The monoisotopic (exact) mass is 193 g/mol. The van der Waals surface area contributed by atoms with Crippen molar-refractivity contribution in [3.63, 3.8) is 0 Å². The molecule has 0 saturated heterocycles.